The van der Waals surface area contributed by atoms with Crippen molar-refractivity contribution in [3.05, 3.63) is 102 Å². The Kier molecular flexibility index (Phi) is 7.34. The van der Waals surface area contributed by atoms with Gasteiger partial charge in [-0.25, -0.2) is 9.88 Å². The molecule has 0 fully saturated rings. The van der Waals surface area contributed by atoms with Crippen LogP contribution < -0.4 is 10.6 Å². The first-order valence-electron chi connectivity index (χ1n) is 11.1. The van der Waals surface area contributed by atoms with Gasteiger partial charge in [0, 0.05) is 24.2 Å². The van der Waals surface area contributed by atoms with Crippen LogP contribution in [0.5, 0.6) is 0 Å². The lowest BCUT2D eigenvalue weighted by Crippen LogP contribution is -2.37. The van der Waals surface area contributed by atoms with Crippen LogP contribution in [0.4, 0.5) is 10.8 Å². The Balaban J connectivity index is 1.35. The van der Waals surface area contributed by atoms with Crippen LogP contribution in [0.25, 0.3) is 10.2 Å². The lowest BCUT2D eigenvalue weighted by molar-refractivity contribution is -0.126. The molecule has 0 aliphatic rings. The van der Waals surface area contributed by atoms with E-state index in [1.165, 1.54) is 4.70 Å². The van der Waals surface area contributed by atoms with Crippen LogP contribution in [-0.2, 0) is 11.2 Å². The molecular formula is C27H26N4O2S. The second kappa shape index (κ2) is 10.8. The van der Waals surface area contributed by atoms with Gasteiger partial charge >= 0.3 is 0 Å². The Morgan fingerprint density at radius 3 is 2.38 bits per heavy atom. The predicted molar refractivity (Wildman–Crippen MR) is 139 cm³/mol. The van der Waals surface area contributed by atoms with Gasteiger partial charge in [-0.1, -0.05) is 67.3 Å². The largest absolute Gasteiger partial charge is 0.361 e. The van der Waals surface area contributed by atoms with Crippen molar-refractivity contribution >= 4 is 44.2 Å². The number of fused-ring (bicyclic) bond motifs is 1. The Morgan fingerprint density at radius 2 is 1.68 bits per heavy atom. The van der Waals surface area contributed by atoms with Crippen molar-refractivity contribution < 1.29 is 9.59 Å². The maximum absolute atomic E-state index is 12.9. The van der Waals surface area contributed by atoms with E-state index in [9.17, 15) is 9.59 Å². The standard InChI is InChI=1S/C27H26N4O2S/c1-3-25(32)31(26(33)21-9-5-4-6-10-21)19(2)29-22-15-13-20(14-16-22)17-18-28-27-30-23-11-7-8-12-24(23)34-27/h4-16,29H,2-3,17-18H2,1H3,(H,28,30). The summed E-state index contributed by atoms with van der Waals surface area (Å²) in [4.78, 5) is 31.1. The number of carbonyl (C=O) groups is 2. The normalized spacial score (nSPS) is 10.6. The molecule has 4 aromatic rings. The molecule has 1 aromatic heterocycles. The number of para-hydroxylation sites is 1. The number of nitrogens with zero attached hydrogens (tertiary/aromatic N) is 2. The number of aromatic nitrogens is 1. The summed E-state index contributed by atoms with van der Waals surface area (Å²) in [6.07, 6.45) is 1.03. The van der Waals surface area contributed by atoms with Crippen molar-refractivity contribution in [3.63, 3.8) is 0 Å². The summed E-state index contributed by atoms with van der Waals surface area (Å²) in [7, 11) is 0. The second-order valence-corrected chi connectivity index (χ2v) is 8.72. The van der Waals surface area contributed by atoms with Gasteiger partial charge in [0.15, 0.2) is 5.13 Å². The quantitative estimate of drug-likeness (QED) is 0.318. The molecule has 0 aliphatic heterocycles. The minimum Gasteiger partial charge on any atom is -0.361 e. The van der Waals surface area contributed by atoms with Gasteiger partial charge < -0.3 is 10.6 Å². The first-order chi connectivity index (χ1) is 16.5. The van der Waals surface area contributed by atoms with Gasteiger partial charge in [0.25, 0.3) is 5.91 Å². The monoisotopic (exact) mass is 470 g/mol. The van der Waals surface area contributed by atoms with Gasteiger partial charge in [-0.05, 0) is 48.4 Å². The van der Waals surface area contributed by atoms with Gasteiger partial charge in [0.05, 0.1) is 10.2 Å². The Morgan fingerprint density at radius 1 is 0.971 bits per heavy atom. The molecule has 34 heavy (non-hydrogen) atoms. The Bertz CT molecular complexity index is 1270. The fourth-order valence-corrected chi connectivity index (χ4v) is 4.38. The summed E-state index contributed by atoms with van der Waals surface area (Å²) >= 11 is 1.65. The zero-order valence-electron chi connectivity index (χ0n) is 19.0. The van der Waals surface area contributed by atoms with E-state index in [0.717, 1.165) is 39.8 Å². The number of thiazole rings is 1. The van der Waals surface area contributed by atoms with Crippen LogP contribution in [0, 0.1) is 0 Å². The molecule has 2 N–H and O–H groups in total. The average Bonchev–Trinajstić information content (AvgIpc) is 3.28. The topological polar surface area (TPSA) is 74.3 Å². The van der Waals surface area contributed by atoms with Crippen molar-refractivity contribution in [1.82, 2.24) is 9.88 Å². The minimum absolute atomic E-state index is 0.194. The summed E-state index contributed by atoms with van der Waals surface area (Å²) in [5.41, 5.74) is 3.35. The highest BCUT2D eigenvalue weighted by molar-refractivity contribution is 7.22. The third-order valence-corrected chi connectivity index (χ3v) is 6.27. The molecule has 0 bridgehead atoms. The number of imide groups is 1. The Labute approximate surface area is 202 Å². The molecule has 0 saturated carbocycles. The van der Waals surface area contributed by atoms with E-state index in [-0.39, 0.29) is 18.1 Å². The van der Waals surface area contributed by atoms with Crippen LogP contribution in [0.2, 0.25) is 0 Å². The number of benzene rings is 3. The van der Waals surface area contributed by atoms with Gasteiger partial charge in [-0.2, -0.15) is 0 Å². The fraction of sp³-hybridized carbons (Fsp3) is 0.148. The molecule has 0 unspecified atom stereocenters. The number of hydrogen-bond donors (Lipinski definition) is 2. The highest BCUT2D eigenvalue weighted by Gasteiger charge is 2.24. The number of amides is 2. The van der Waals surface area contributed by atoms with Crippen LogP contribution in [0.1, 0.15) is 29.3 Å². The minimum atomic E-state index is -0.400. The fourth-order valence-electron chi connectivity index (χ4n) is 3.49. The number of anilines is 2. The summed E-state index contributed by atoms with van der Waals surface area (Å²) in [6.45, 7) is 6.43. The lowest BCUT2D eigenvalue weighted by Gasteiger charge is -2.23. The van der Waals surface area contributed by atoms with Crippen molar-refractivity contribution in [1.29, 1.82) is 0 Å². The molecule has 0 aliphatic carbocycles. The maximum atomic E-state index is 12.9. The summed E-state index contributed by atoms with van der Waals surface area (Å²) < 4.78 is 1.17. The highest BCUT2D eigenvalue weighted by atomic mass is 32.1. The van der Waals surface area contributed by atoms with Crippen LogP contribution in [0.3, 0.4) is 0 Å². The number of carbonyl (C=O) groups excluding carboxylic acids is 2. The Hall–Kier alpha value is -3.97. The van der Waals surface area contributed by atoms with Gasteiger partial charge in [-0.15, -0.1) is 0 Å². The molecule has 3 aromatic carbocycles. The highest BCUT2D eigenvalue weighted by Crippen LogP contribution is 2.25. The maximum Gasteiger partial charge on any atom is 0.266 e. The molecule has 4 rings (SSSR count). The third-order valence-electron chi connectivity index (χ3n) is 5.27. The first kappa shape index (κ1) is 23.2. The van der Waals surface area contributed by atoms with Crippen molar-refractivity contribution in [2.24, 2.45) is 0 Å². The number of rotatable bonds is 9. The summed E-state index contributed by atoms with van der Waals surface area (Å²) in [6, 6.07) is 24.7. The second-order valence-electron chi connectivity index (χ2n) is 7.69. The van der Waals surface area contributed by atoms with Crippen LogP contribution >= 0.6 is 11.3 Å². The molecule has 6 nitrogen and oxygen atoms in total. The van der Waals surface area contributed by atoms with E-state index in [2.05, 4.69) is 28.3 Å². The third kappa shape index (κ3) is 5.50. The molecule has 0 spiro atoms. The molecule has 0 radical (unpaired) electrons. The number of nitrogens with one attached hydrogen (secondary N) is 2. The summed E-state index contributed by atoms with van der Waals surface area (Å²) in [5.74, 6) is -0.489. The average molecular weight is 471 g/mol. The first-order valence-corrected chi connectivity index (χ1v) is 11.9. The van der Waals surface area contributed by atoms with E-state index in [1.54, 1.807) is 42.5 Å². The molecule has 0 atom stereocenters. The molecular weight excluding hydrogens is 444 g/mol. The summed E-state index contributed by atoms with van der Waals surface area (Å²) in [5, 5.41) is 7.40. The van der Waals surface area contributed by atoms with Gasteiger partial charge in [0.2, 0.25) is 5.91 Å². The molecule has 7 heteroatoms. The smallest absolute Gasteiger partial charge is 0.266 e. The van der Waals surface area contributed by atoms with E-state index < -0.39 is 5.91 Å². The lowest BCUT2D eigenvalue weighted by atomic mass is 10.1. The number of hydrogen-bond acceptors (Lipinski definition) is 6. The van der Waals surface area contributed by atoms with E-state index >= 15 is 0 Å². The molecule has 0 saturated heterocycles. The van der Waals surface area contributed by atoms with E-state index in [1.807, 2.05) is 48.5 Å². The van der Waals surface area contributed by atoms with Crippen molar-refractivity contribution in [2.75, 3.05) is 17.2 Å². The van der Waals surface area contributed by atoms with E-state index in [4.69, 9.17) is 0 Å². The van der Waals surface area contributed by atoms with Crippen LogP contribution in [0.15, 0.2) is 91.3 Å². The molecule has 1 heterocycles. The molecule has 172 valence electrons. The van der Waals surface area contributed by atoms with Crippen LogP contribution in [-0.4, -0.2) is 28.2 Å². The predicted octanol–water partition coefficient (Wildman–Crippen LogP) is 5.91. The van der Waals surface area contributed by atoms with E-state index in [0.29, 0.717) is 5.56 Å². The van der Waals surface area contributed by atoms with Crippen molar-refractivity contribution in [3.8, 4) is 0 Å². The molecule has 2 amide bonds. The SMILES string of the molecule is C=C(Nc1ccc(CCNc2nc3ccccc3s2)cc1)N(C(=O)CC)C(=O)c1ccccc1. The zero-order valence-corrected chi connectivity index (χ0v) is 19.8. The van der Waals surface area contributed by atoms with Gasteiger partial charge in [0.1, 0.15) is 5.82 Å². The zero-order chi connectivity index (χ0) is 23.9. The van der Waals surface area contributed by atoms with Crippen molar-refractivity contribution in [2.45, 2.75) is 19.8 Å². The van der Waals surface area contributed by atoms with Gasteiger partial charge in [-0.3, -0.25) is 9.59 Å².